The summed E-state index contributed by atoms with van der Waals surface area (Å²) in [5.74, 6) is 1.19. The monoisotopic (exact) mass is 305 g/mol. The van der Waals surface area contributed by atoms with Gasteiger partial charge in [0.2, 0.25) is 5.91 Å². The lowest BCUT2D eigenvalue weighted by molar-refractivity contribution is -0.132. The third-order valence-corrected chi connectivity index (χ3v) is 5.08. The smallest absolute Gasteiger partial charge is 0.259 e. The van der Waals surface area contributed by atoms with Crippen molar-refractivity contribution in [2.24, 2.45) is 5.92 Å². The lowest BCUT2D eigenvalue weighted by Gasteiger charge is -2.41. The number of fused-ring (bicyclic) bond motifs is 1. The third kappa shape index (κ3) is 2.51. The molecule has 2 aliphatic heterocycles. The standard InChI is InChI=1S/C16H23N3O3/c1-10-15(11(2)22-17-10)16(21)19-8-7-13-12(9-19)5-4-6-14(20)18(13)3/h12-13H,4-9H2,1-3H3/t12-,13+/m0/s1. The molecule has 0 spiro atoms. The summed E-state index contributed by atoms with van der Waals surface area (Å²) < 4.78 is 5.11. The van der Waals surface area contributed by atoms with Gasteiger partial charge in [0.25, 0.3) is 5.91 Å². The molecule has 22 heavy (non-hydrogen) atoms. The van der Waals surface area contributed by atoms with Gasteiger partial charge in [-0.05, 0) is 39.0 Å². The second kappa shape index (κ2) is 5.74. The first kappa shape index (κ1) is 15.1. The van der Waals surface area contributed by atoms with Crippen LogP contribution in [0, 0.1) is 19.8 Å². The van der Waals surface area contributed by atoms with E-state index in [4.69, 9.17) is 4.52 Å². The highest BCUT2D eigenvalue weighted by atomic mass is 16.5. The molecule has 1 aromatic heterocycles. The summed E-state index contributed by atoms with van der Waals surface area (Å²) in [4.78, 5) is 28.5. The Morgan fingerprint density at radius 3 is 2.77 bits per heavy atom. The van der Waals surface area contributed by atoms with Gasteiger partial charge in [0.1, 0.15) is 11.3 Å². The summed E-state index contributed by atoms with van der Waals surface area (Å²) in [6.45, 7) is 4.97. The van der Waals surface area contributed by atoms with E-state index >= 15 is 0 Å². The van der Waals surface area contributed by atoms with Crippen molar-refractivity contribution in [2.75, 3.05) is 20.1 Å². The van der Waals surface area contributed by atoms with Gasteiger partial charge in [0, 0.05) is 32.6 Å². The second-order valence-corrected chi connectivity index (χ2v) is 6.46. The number of aryl methyl sites for hydroxylation is 2. The normalized spacial score (nSPS) is 25.9. The molecule has 1 aromatic rings. The van der Waals surface area contributed by atoms with Crippen LogP contribution in [0.4, 0.5) is 0 Å². The fourth-order valence-corrected chi connectivity index (χ4v) is 3.82. The highest BCUT2D eigenvalue weighted by Gasteiger charge is 2.38. The molecule has 3 rings (SSSR count). The van der Waals surface area contributed by atoms with Crippen molar-refractivity contribution in [2.45, 2.75) is 45.6 Å². The molecule has 0 N–H and O–H groups in total. The maximum Gasteiger partial charge on any atom is 0.259 e. The number of nitrogens with zero attached hydrogens (tertiary/aromatic N) is 3. The number of hydrogen-bond acceptors (Lipinski definition) is 4. The van der Waals surface area contributed by atoms with Crippen LogP contribution in [0.2, 0.25) is 0 Å². The Morgan fingerprint density at radius 1 is 1.32 bits per heavy atom. The number of likely N-dealkylation sites (tertiary alicyclic amines) is 2. The molecule has 0 aliphatic carbocycles. The minimum Gasteiger partial charge on any atom is -0.361 e. The van der Waals surface area contributed by atoms with E-state index in [0.29, 0.717) is 42.4 Å². The van der Waals surface area contributed by atoms with Gasteiger partial charge in [-0.2, -0.15) is 0 Å². The predicted octanol–water partition coefficient (Wildman–Crippen LogP) is 1.76. The van der Waals surface area contributed by atoms with Crippen LogP contribution < -0.4 is 0 Å². The lowest BCUT2D eigenvalue weighted by Crippen LogP contribution is -2.51. The summed E-state index contributed by atoms with van der Waals surface area (Å²) in [5, 5.41) is 3.88. The molecule has 0 saturated carbocycles. The quantitative estimate of drug-likeness (QED) is 0.793. The molecule has 3 heterocycles. The number of aromatic nitrogens is 1. The van der Waals surface area contributed by atoms with E-state index in [-0.39, 0.29) is 17.9 Å². The molecular weight excluding hydrogens is 282 g/mol. The molecule has 0 unspecified atom stereocenters. The number of carbonyl (C=O) groups excluding carboxylic acids is 2. The first-order valence-electron chi connectivity index (χ1n) is 7.97. The van der Waals surface area contributed by atoms with Crippen LogP contribution in [-0.2, 0) is 4.79 Å². The summed E-state index contributed by atoms with van der Waals surface area (Å²) in [6, 6.07) is 0.267. The fraction of sp³-hybridized carbons (Fsp3) is 0.688. The second-order valence-electron chi connectivity index (χ2n) is 6.46. The van der Waals surface area contributed by atoms with Gasteiger partial charge in [0.05, 0.1) is 5.69 Å². The van der Waals surface area contributed by atoms with Gasteiger partial charge < -0.3 is 14.3 Å². The molecule has 6 heteroatoms. The van der Waals surface area contributed by atoms with E-state index in [1.807, 2.05) is 16.8 Å². The Labute approximate surface area is 130 Å². The first-order chi connectivity index (χ1) is 10.5. The van der Waals surface area contributed by atoms with Crippen molar-refractivity contribution in [3.05, 3.63) is 17.0 Å². The van der Waals surface area contributed by atoms with Crippen LogP contribution in [0.5, 0.6) is 0 Å². The Morgan fingerprint density at radius 2 is 2.09 bits per heavy atom. The zero-order valence-corrected chi connectivity index (χ0v) is 13.5. The fourth-order valence-electron chi connectivity index (χ4n) is 3.82. The molecule has 0 radical (unpaired) electrons. The maximum atomic E-state index is 12.8. The summed E-state index contributed by atoms with van der Waals surface area (Å²) in [6.07, 6.45) is 3.40. The molecule has 2 amide bonds. The zero-order valence-electron chi connectivity index (χ0n) is 13.5. The van der Waals surface area contributed by atoms with Crippen molar-refractivity contribution in [1.29, 1.82) is 0 Å². The molecule has 2 fully saturated rings. The van der Waals surface area contributed by atoms with E-state index in [1.165, 1.54) is 0 Å². The predicted molar refractivity (Wildman–Crippen MR) is 80.4 cm³/mol. The molecule has 0 aromatic carbocycles. The van der Waals surface area contributed by atoms with E-state index in [9.17, 15) is 9.59 Å². The van der Waals surface area contributed by atoms with Crippen molar-refractivity contribution < 1.29 is 14.1 Å². The van der Waals surface area contributed by atoms with E-state index in [2.05, 4.69) is 5.16 Å². The van der Waals surface area contributed by atoms with Gasteiger partial charge >= 0.3 is 0 Å². The van der Waals surface area contributed by atoms with Gasteiger partial charge in [-0.25, -0.2) is 0 Å². The molecule has 2 atom stereocenters. The summed E-state index contributed by atoms with van der Waals surface area (Å²) in [7, 11) is 1.90. The first-order valence-corrected chi connectivity index (χ1v) is 7.97. The highest BCUT2D eigenvalue weighted by molar-refractivity contribution is 5.96. The molecular formula is C16H23N3O3. The van der Waals surface area contributed by atoms with Crippen LogP contribution >= 0.6 is 0 Å². The Balaban J connectivity index is 1.77. The summed E-state index contributed by atoms with van der Waals surface area (Å²) in [5.41, 5.74) is 1.24. The van der Waals surface area contributed by atoms with Gasteiger partial charge in [-0.15, -0.1) is 0 Å². The number of carbonyl (C=O) groups is 2. The average molecular weight is 305 g/mol. The number of piperidine rings is 1. The molecule has 2 saturated heterocycles. The number of amides is 2. The molecule has 2 aliphatic rings. The van der Waals surface area contributed by atoms with Gasteiger partial charge in [0.15, 0.2) is 0 Å². The van der Waals surface area contributed by atoms with Crippen LogP contribution in [0.3, 0.4) is 0 Å². The minimum absolute atomic E-state index is 0.00734. The molecule has 6 nitrogen and oxygen atoms in total. The van der Waals surface area contributed by atoms with Crippen LogP contribution in [-0.4, -0.2) is 52.9 Å². The van der Waals surface area contributed by atoms with Crippen molar-refractivity contribution in [3.8, 4) is 0 Å². The maximum absolute atomic E-state index is 12.8. The van der Waals surface area contributed by atoms with Crippen molar-refractivity contribution >= 4 is 11.8 Å². The van der Waals surface area contributed by atoms with Crippen molar-refractivity contribution in [1.82, 2.24) is 15.0 Å². The van der Waals surface area contributed by atoms with E-state index in [0.717, 1.165) is 19.3 Å². The lowest BCUT2D eigenvalue weighted by atomic mass is 9.88. The van der Waals surface area contributed by atoms with Crippen LogP contribution in [0.1, 0.15) is 47.5 Å². The average Bonchev–Trinajstić information content (AvgIpc) is 2.77. The summed E-state index contributed by atoms with van der Waals surface area (Å²) >= 11 is 0. The highest BCUT2D eigenvalue weighted by Crippen LogP contribution is 2.30. The SMILES string of the molecule is Cc1noc(C)c1C(=O)N1CC[C@@H]2[C@@H](CCCC(=O)N2C)C1. The van der Waals surface area contributed by atoms with Crippen LogP contribution in [0.15, 0.2) is 4.52 Å². The number of hydrogen-bond donors (Lipinski definition) is 0. The molecule has 120 valence electrons. The molecule has 0 bridgehead atoms. The van der Waals surface area contributed by atoms with Crippen LogP contribution in [0.25, 0.3) is 0 Å². The van der Waals surface area contributed by atoms with Gasteiger partial charge in [-0.1, -0.05) is 5.16 Å². The Kier molecular flexibility index (Phi) is 3.93. The topological polar surface area (TPSA) is 66.7 Å². The van der Waals surface area contributed by atoms with E-state index < -0.39 is 0 Å². The Bertz CT molecular complexity index is 576. The van der Waals surface area contributed by atoms with Crippen molar-refractivity contribution in [3.63, 3.8) is 0 Å². The zero-order chi connectivity index (χ0) is 15.9. The number of rotatable bonds is 1. The van der Waals surface area contributed by atoms with E-state index in [1.54, 1.807) is 13.8 Å². The largest absolute Gasteiger partial charge is 0.361 e. The Hall–Kier alpha value is -1.85. The third-order valence-electron chi connectivity index (χ3n) is 5.08. The minimum atomic E-state index is 0.00734. The van der Waals surface area contributed by atoms with Gasteiger partial charge in [-0.3, -0.25) is 9.59 Å².